The van der Waals surface area contributed by atoms with E-state index in [0.717, 1.165) is 22.4 Å². The van der Waals surface area contributed by atoms with Crippen LogP contribution in [0.15, 0.2) is 52.5 Å². The van der Waals surface area contributed by atoms with Crippen molar-refractivity contribution in [1.82, 2.24) is 19.5 Å². The topological polar surface area (TPSA) is 106 Å². The molecule has 0 fully saturated rings. The highest BCUT2D eigenvalue weighted by Crippen LogP contribution is 2.18. The minimum atomic E-state index is -3.65. The van der Waals surface area contributed by atoms with Gasteiger partial charge in [-0.25, -0.2) is 13.1 Å². The third kappa shape index (κ3) is 6.16. The Hall–Kier alpha value is -2.69. The number of benzene rings is 2. The summed E-state index contributed by atoms with van der Waals surface area (Å²) in [5, 5.41) is 11.5. The van der Waals surface area contributed by atoms with E-state index in [1.165, 1.54) is 11.8 Å². The van der Waals surface area contributed by atoms with E-state index in [2.05, 4.69) is 20.2 Å². The normalized spacial score (nSPS) is 11.5. The number of carbonyl (C=O) groups is 1. The zero-order valence-electron chi connectivity index (χ0n) is 17.8. The van der Waals surface area contributed by atoms with E-state index in [9.17, 15) is 13.2 Å². The number of hydrogen-bond acceptors (Lipinski definition) is 6. The number of sulfonamides is 1. The van der Waals surface area contributed by atoms with Crippen LogP contribution >= 0.6 is 11.8 Å². The summed E-state index contributed by atoms with van der Waals surface area (Å²) in [4.78, 5) is 12.5. The second-order valence-electron chi connectivity index (χ2n) is 7.31. The first-order valence-corrected chi connectivity index (χ1v) is 12.1. The summed E-state index contributed by atoms with van der Waals surface area (Å²) in [5.74, 6) is 0.459. The van der Waals surface area contributed by atoms with Crippen molar-refractivity contribution >= 4 is 33.4 Å². The van der Waals surface area contributed by atoms with Gasteiger partial charge >= 0.3 is 0 Å². The highest BCUT2D eigenvalue weighted by Gasteiger charge is 2.17. The fourth-order valence-electron chi connectivity index (χ4n) is 2.96. The molecular weight excluding hydrogens is 434 g/mol. The number of aryl methyl sites for hydroxylation is 3. The molecule has 164 valence electrons. The van der Waals surface area contributed by atoms with Crippen molar-refractivity contribution in [3.63, 3.8) is 0 Å². The Labute approximate surface area is 186 Å². The Kier molecular flexibility index (Phi) is 7.14. The number of thioether (sulfide) groups is 1. The minimum Gasteiger partial charge on any atom is -0.325 e. The van der Waals surface area contributed by atoms with Crippen molar-refractivity contribution in [3.8, 4) is 0 Å². The molecule has 0 aliphatic rings. The van der Waals surface area contributed by atoms with E-state index >= 15 is 0 Å². The van der Waals surface area contributed by atoms with Crippen LogP contribution in [0.2, 0.25) is 0 Å². The van der Waals surface area contributed by atoms with Gasteiger partial charge in [-0.15, -0.1) is 10.2 Å². The first-order chi connectivity index (χ1) is 14.6. The van der Waals surface area contributed by atoms with E-state index in [1.807, 2.05) is 39.0 Å². The monoisotopic (exact) mass is 459 g/mol. The fraction of sp³-hybridized carbons (Fsp3) is 0.286. The van der Waals surface area contributed by atoms with E-state index < -0.39 is 10.0 Å². The van der Waals surface area contributed by atoms with Crippen LogP contribution in [0.5, 0.6) is 0 Å². The molecule has 3 aromatic rings. The molecule has 1 aromatic heterocycles. The number of carbonyl (C=O) groups excluding carboxylic acids is 1. The summed E-state index contributed by atoms with van der Waals surface area (Å²) >= 11 is 1.24. The largest absolute Gasteiger partial charge is 0.325 e. The molecule has 31 heavy (non-hydrogen) atoms. The van der Waals surface area contributed by atoms with Gasteiger partial charge in [-0.1, -0.05) is 35.5 Å². The molecule has 0 radical (unpaired) electrons. The Morgan fingerprint density at radius 1 is 1.00 bits per heavy atom. The Morgan fingerprint density at radius 2 is 1.65 bits per heavy atom. The first kappa shape index (κ1) is 23.0. The SMILES string of the molecule is Cc1ccc(S(=O)(=O)NCc2nnc(SCC(=O)Nc3cc(C)cc(C)c3)n2C)cc1. The van der Waals surface area contributed by atoms with Crippen LogP contribution < -0.4 is 10.0 Å². The Morgan fingerprint density at radius 3 is 2.29 bits per heavy atom. The van der Waals surface area contributed by atoms with Crippen LogP contribution in [0.1, 0.15) is 22.5 Å². The molecule has 8 nitrogen and oxygen atoms in total. The number of anilines is 1. The van der Waals surface area contributed by atoms with Gasteiger partial charge in [-0.05, 0) is 56.2 Å². The highest BCUT2D eigenvalue weighted by molar-refractivity contribution is 7.99. The van der Waals surface area contributed by atoms with Crippen LogP contribution in [-0.2, 0) is 28.4 Å². The van der Waals surface area contributed by atoms with Gasteiger partial charge in [-0.2, -0.15) is 0 Å². The lowest BCUT2D eigenvalue weighted by Gasteiger charge is -2.08. The average Bonchev–Trinajstić information content (AvgIpc) is 3.04. The molecule has 2 N–H and O–H groups in total. The third-order valence-corrected chi connectivity index (χ3v) is 6.95. The molecule has 0 atom stereocenters. The molecule has 0 bridgehead atoms. The van der Waals surface area contributed by atoms with Crippen LogP contribution in [0.3, 0.4) is 0 Å². The molecule has 0 unspecified atom stereocenters. The molecule has 0 aliphatic heterocycles. The van der Waals surface area contributed by atoms with Crippen LogP contribution in [0.4, 0.5) is 5.69 Å². The van der Waals surface area contributed by atoms with Gasteiger partial charge in [0.25, 0.3) is 0 Å². The number of amides is 1. The van der Waals surface area contributed by atoms with Crippen LogP contribution in [-0.4, -0.2) is 34.8 Å². The Balaban J connectivity index is 1.57. The maximum atomic E-state index is 12.4. The molecule has 0 spiro atoms. The lowest BCUT2D eigenvalue weighted by Crippen LogP contribution is -2.24. The van der Waals surface area contributed by atoms with Gasteiger partial charge in [0.1, 0.15) is 5.82 Å². The lowest BCUT2D eigenvalue weighted by molar-refractivity contribution is -0.113. The molecule has 3 rings (SSSR count). The maximum Gasteiger partial charge on any atom is 0.240 e. The second-order valence-corrected chi connectivity index (χ2v) is 10.0. The summed E-state index contributed by atoms with van der Waals surface area (Å²) in [6.45, 7) is 5.84. The molecule has 1 amide bonds. The predicted molar refractivity (Wildman–Crippen MR) is 121 cm³/mol. The minimum absolute atomic E-state index is 0.00493. The van der Waals surface area contributed by atoms with Gasteiger partial charge < -0.3 is 9.88 Å². The van der Waals surface area contributed by atoms with Gasteiger partial charge in [0.05, 0.1) is 17.2 Å². The summed E-state index contributed by atoms with van der Waals surface area (Å²) in [7, 11) is -1.92. The van der Waals surface area contributed by atoms with Crippen molar-refractivity contribution in [2.24, 2.45) is 7.05 Å². The molecule has 0 saturated heterocycles. The van der Waals surface area contributed by atoms with E-state index in [0.29, 0.717) is 11.0 Å². The van der Waals surface area contributed by atoms with E-state index in [4.69, 9.17) is 0 Å². The molecule has 2 aromatic carbocycles. The quantitative estimate of drug-likeness (QED) is 0.502. The van der Waals surface area contributed by atoms with Crippen LogP contribution in [0.25, 0.3) is 0 Å². The first-order valence-electron chi connectivity index (χ1n) is 9.59. The number of nitrogens with one attached hydrogen (secondary N) is 2. The van der Waals surface area contributed by atoms with Gasteiger partial charge in [-0.3, -0.25) is 4.79 Å². The predicted octanol–water partition coefficient (Wildman–Crippen LogP) is 2.95. The number of hydrogen-bond donors (Lipinski definition) is 2. The number of nitrogens with zero attached hydrogens (tertiary/aromatic N) is 3. The summed E-state index contributed by atoms with van der Waals surface area (Å²) in [5.41, 5.74) is 3.89. The van der Waals surface area contributed by atoms with Crippen molar-refractivity contribution in [2.75, 3.05) is 11.1 Å². The molecule has 0 aliphatic carbocycles. The van der Waals surface area contributed by atoms with Crippen LogP contribution in [0, 0.1) is 20.8 Å². The summed E-state index contributed by atoms with van der Waals surface area (Å²) < 4.78 is 29.1. The second kappa shape index (κ2) is 9.63. The van der Waals surface area contributed by atoms with Crippen molar-refractivity contribution in [3.05, 3.63) is 65.0 Å². The van der Waals surface area contributed by atoms with Gasteiger partial charge in [0.15, 0.2) is 5.16 Å². The molecule has 0 saturated carbocycles. The molecule has 10 heteroatoms. The van der Waals surface area contributed by atoms with E-state index in [1.54, 1.807) is 35.9 Å². The smallest absolute Gasteiger partial charge is 0.240 e. The van der Waals surface area contributed by atoms with Gasteiger partial charge in [0, 0.05) is 12.7 Å². The lowest BCUT2D eigenvalue weighted by atomic mass is 10.1. The van der Waals surface area contributed by atoms with E-state index in [-0.39, 0.29) is 23.1 Å². The maximum absolute atomic E-state index is 12.4. The number of aromatic nitrogens is 3. The van der Waals surface area contributed by atoms with Crippen molar-refractivity contribution in [1.29, 1.82) is 0 Å². The number of rotatable bonds is 8. The standard InChI is InChI=1S/C21H25N5O3S2/c1-14-5-7-18(8-6-14)31(28,29)22-12-19-24-25-21(26(19)4)30-13-20(27)23-17-10-15(2)9-16(3)11-17/h5-11,22H,12-13H2,1-4H3,(H,23,27). The van der Waals surface area contributed by atoms with Crippen molar-refractivity contribution in [2.45, 2.75) is 37.4 Å². The summed E-state index contributed by atoms with van der Waals surface area (Å²) in [6.07, 6.45) is 0. The Bertz CT molecular complexity index is 1170. The third-order valence-electron chi connectivity index (χ3n) is 4.51. The zero-order chi connectivity index (χ0) is 22.6. The molecular formula is C21H25N5O3S2. The van der Waals surface area contributed by atoms with Crippen molar-refractivity contribution < 1.29 is 13.2 Å². The molecule has 1 heterocycles. The average molecular weight is 460 g/mol. The van der Waals surface area contributed by atoms with Gasteiger partial charge in [0.2, 0.25) is 15.9 Å². The zero-order valence-corrected chi connectivity index (χ0v) is 19.5. The fourth-order valence-corrected chi connectivity index (χ4v) is 4.67. The highest BCUT2D eigenvalue weighted by atomic mass is 32.2. The summed E-state index contributed by atoms with van der Waals surface area (Å²) in [6, 6.07) is 12.5.